The van der Waals surface area contributed by atoms with Crippen molar-refractivity contribution < 1.29 is 47.7 Å². The monoisotopic (exact) mass is 842 g/mol. The Bertz CT molecular complexity index is 1940. The lowest BCUT2D eigenvalue weighted by Crippen LogP contribution is -2.55. The van der Waals surface area contributed by atoms with E-state index in [-0.39, 0.29) is 94.4 Å². The Labute approximate surface area is 343 Å². The molecule has 0 aromatic rings. The highest BCUT2D eigenvalue weighted by Crippen LogP contribution is 2.57. The SMILES string of the molecule is CO[C@@]12[C@H](COC(N)=O)C3=C(C(=O)C(C)=C(NCC(C)(C)SSC(C)(C)CNC4=C(C)C(=O)C5=C(C4=O)[C@@H](COC(N)=O)[C@@]4(OC)[C@H]6N[C@H]6CN54)C3=O)N1C[C@@H]1N[C@@H]12. The van der Waals surface area contributed by atoms with E-state index in [1.54, 1.807) is 35.4 Å². The molecule has 0 spiro atoms. The normalized spacial score (nSPS) is 33.3. The van der Waals surface area contributed by atoms with Gasteiger partial charge in [0.25, 0.3) is 0 Å². The number of carbonyl (C=O) groups excluding carboxylic acids is 6. The Morgan fingerprint density at radius 2 is 1.07 bits per heavy atom. The zero-order chi connectivity index (χ0) is 42.0. The number of nitrogens with two attached hydrogens (primary N) is 2. The van der Waals surface area contributed by atoms with Gasteiger partial charge in [0.2, 0.25) is 23.1 Å². The Morgan fingerprint density at radius 1 is 0.707 bits per heavy atom. The van der Waals surface area contributed by atoms with Crippen LogP contribution in [-0.2, 0) is 38.1 Å². The number of allylic oxidation sites excluding steroid dienone is 4. The first-order valence-corrected chi connectivity index (χ1v) is 21.4. The number of ether oxygens (including phenoxy) is 4. The van der Waals surface area contributed by atoms with E-state index in [0.717, 1.165) is 0 Å². The molecule has 0 aromatic carbocycles. The third kappa shape index (κ3) is 5.91. The van der Waals surface area contributed by atoms with E-state index < -0.39 is 45.0 Å². The topological polar surface area (TPSA) is 266 Å². The molecule has 2 amide bonds. The third-order valence-corrected chi connectivity index (χ3v) is 17.0. The van der Waals surface area contributed by atoms with E-state index >= 15 is 0 Å². The van der Waals surface area contributed by atoms with E-state index in [4.69, 9.17) is 30.4 Å². The summed E-state index contributed by atoms with van der Waals surface area (Å²) in [5.74, 6) is -2.76. The number of Topliss-reactive ketones (excluding diaryl/α,β-unsaturated/α-hetero) is 4. The van der Waals surface area contributed by atoms with Crippen LogP contribution >= 0.6 is 21.6 Å². The van der Waals surface area contributed by atoms with Crippen LogP contribution in [0.5, 0.6) is 0 Å². The lowest BCUT2D eigenvalue weighted by atomic mass is 9.82. The summed E-state index contributed by atoms with van der Waals surface area (Å²) in [6, 6.07) is -0.127. The van der Waals surface area contributed by atoms with Gasteiger partial charge < -0.3 is 61.5 Å². The highest BCUT2D eigenvalue weighted by atomic mass is 33.1. The fraction of sp³-hybridized carbons (Fsp3) is 0.632. The van der Waals surface area contributed by atoms with Gasteiger partial charge in [-0.25, -0.2) is 9.59 Å². The van der Waals surface area contributed by atoms with E-state index in [1.807, 2.05) is 37.5 Å². The Kier molecular flexibility index (Phi) is 9.63. The maximum atomic E-state index is 14.3. The molecular formula is C38H50N8O10S2. The third-order valence-electron chi connectivity index (χ3n) is 12.7. The van der Waals surface area contributed by atoms with E-state index in [1.165, 1.54) is 14.2 Å². The summed E-state index contributed by atoms with van der Waals surface area (Å²) < 4.78 is 21.7. The number of hydrogen-bond donors (Lipinski definition) is 6. The largest absolute Gasteiger partial charge is 0.449 e. The van der Waals surface area contributed by atoms with Crippen molar-refractivity contribution in [3.05, 3.63) is 45.1 Å². The van der Waals surface area contributed by atoms with Crippen LogP contribution in [0.2, 0.25) is 0 Å². The molecule has 0 radical (unpaired) electrons. The number of nitrogens with zero attached hydrogens (tertiary/aromatic N) is 2. The van der Waals surface area contributed by atoms with Crippen molar-refractivity contribution in [3.8, 4) is 0 Å². The quantitative estimate of drug-likeness (QED) is 0.0715. The second-order valence-corrected chi connectivity index (χ2v) is 20.8. The zero-order valence-corrected chi connectivity index (χ0v) is 35.3. The number of primary amides is 2. The van der Waals surface area contributed by atoms with Crippen molar-refractivity contribution in [2.75, 3.05) is 53.6 Å². The van der Waals surface area contributed by atoms with Crippen molar-refractivity contribution in [1.82, 2.24) is 31.1 Å². The molecule has 58 heavy (non-hydrogen) atoms. The minimum atomic E-state index is -1.07. The van der Waals surface area contributed by atoms with Gasteiger partial charge in [0.1, 0.15) is 13.2 Å². The first-order chi connectivity index (χ1) is 27.3. The van der Waals surface area contributed by atoms with Crippen LogP contribution in [0.4, 0.5) is 9.59 Å². The predicted molar refractivity (Wildman–Crippen MR) is 211 cm³/mol. The van der Waals surface area contributed by atoms with Gasteiger partial charge in [-0.15, -0.1) is 0 Å². The van der Waals surface area contributed by atoms with Crippen LogP contribution in [0.15, 0.2) is 45.1 Å². The summed E-state index contributed by atoms with van der Waals surface area (Å²) in [5.41, 5.74) is 10.5. The molecule has 8 N–H and O–H groups in total. The summed E-state index contributed by atoms with van der Waals surface area (Å²) in [6.07, 6.45) is -1.97. The number of methoxy groups -OCH3 is 2. The number of nitrogens with one attached hydrogen (secondary N) is 4. The fourth-order valence-electron chi connectivity index (χ4n) is 9.89. The maximum absolute atomic E-state index is 14.3. The van der Waals surface area contributed by atoms with Crippen LogP contribution in [-0.4, -0.2) is 144 Å². The van der Waals surface area contributed by atoms with Crippen LogP contribution < -0.4 is 32.7 Å². The molecule has 0 bridgehead atoms. The summed E-state index contributed by atoms with van der Waals surface area (Å²) in [5, 5.41) is 13.3. The number of carbonyl (C=O) groups is 6. The minimum Gasteiger partial charge on any atom is -0.449 e. The molecule has 4 saturated heterocycles. The van der Waals surface area contributed by atoms with Crippen molar-refractivity contribution in [3.63, 3.8) is 0 Å². The first kappa shape index (κ1) is 40.7. The van der Waals surface area contributed by atoms with Gasteiger partial charge >= 0.3 is 12.2 Å². The second kappa shape index (κ2) is 13.7. The Hall–Kier alpha value is -4.08. The standard InChI is InChI=1S/C38H50N8O10S2/c1-15-23(29(49)21-17(11-55-33(39)51)37(53-7)31-19(43-31)9-45(37)25(21)27(15)47)41-13-35(3,4)57-58-36(5,6)14-42-24-16(2)28(48)26-22(30(24)50)18(12-56-34(40)52)38(54-8)32-20(44-32)10-46(26)38/h17-20,31-32,41-44H,9-14H2,1-8H3,(H2,39,51)(H2,40,52)/t17-,18-,19+,20+,31+,32+,37-,38-/m1/s1. The van der Waals surface area contributed by atoms with Crippen molar-refractivity contribution in [2.24, 2.45) is 23.3 Å². The Morgan fingerprint density at radius 3 is 1.40 bits per heavy atom. The molecule has 314 valence electrons. The number of piperazine rings is 2. The number of hydrogen-bond acceptors (Lipinski definition) is 18. The fourth-order valence-corrected chi connectivity index (χ4v) is 12.3. The molecule has 0 unspecified atom stereocenters. The lowest BCUT2D eigenvalue weighted by molar-refractivity contribution is -0.137. The van der Waals surface area contributed by atoms with Crippen molar-refractivity contribution in [1.29, 1.82) is 0 Å². The molecule has 4 fully saturated rings. The van der Waals surface area contributed by atoms with E-state index in [2.05, 4.69) is 21.3 Å². The summed E-state index contributed by atoms with van der Waals surface area (Å²) in [4.78, 5) is 83.7. The van der Waals surface area contributed by atoms with Crippen LogP contribution in [0.25, 0.3) is 0 Å². The predicted octanol–water partition coefficient (Wildman–Crippen LogP) is -0.0884. The van der Waals surface area contributed by atoms with Gasteiger partial charge in [0.15, 0.2) is 11.4 Å². The molecule has 20 heteroatoms. The average Bonchev–Trinajstić information content (AvgIpc) is 4.00. The first-order valence-electron chi connectivity index (χ1n) is 19.2. The number of amides is 2. The van der Waals surface area contributed by atoms with Crippen LogP contribution in [0.3, 0.4) is 0 Å². The maximum Gasteiger partial charge on any atom is 0.404 e. The zero-order valence-electron chi connectivity index (χ0n) is 33.7. The van der Waals surface area contributed by atoms with Gasteiger partial charge in [-0.2, -0.15) is 0 Å². The van der Waals surface area contributed by atoms with Crippen molar-refractivity contribution in [2.45, 2.75) is 86.7 Å². The molecule has 6 aliphatic heterocycles. The molecule has 8 aliphatic rings. The van der Waals surface area contributed by atoms with Gasteiger partial charge in [-0.1, -0.05) is 21.6 Å². The highest BCUT2D eigenvalue weighted by molar-refractivity contribution is 8.77. The molecule has 8 rings (SSSR count). The number of rotatable bonds is 15. The van der Waals surface area contributed by atoms with Gasteiger partial charge in [-0.3, -0.25) is 19.2 Å². The Balaban J connectivity index is 0.925. The van der Waals surface area contributed by atoms with Gasteiger partial charge in [0, 0.05) is 84.3 Å². The molecule has 2 aliphatic carbocycles. The highest BCUT2D eigenvalue weighted by Gasteiger charge is 2.74. The molecule has 0 saturated carbocycles. The van der Waals surface area contributed by atoms with E-state index in [0.29, 0.717) is 37.3 Å². The number of ketones is 4. The van der Waals surface area contributed by atoms with Crippen LogP contribution in [0, 0.1) is 11.8 Å². The average molecular weight is 843 g/mol. The smallest absolute Gasteiger partial charge is 0.404 e. The second-order valence-electron chi connectivity index (χ2n) is 17.2. The van der Waals surface area contributed by atoms with Crippen molar-refractivity contribution >= 4 is 56.9 Å². The summed E-state index contributed by atoms with van der Waals surface area (Å²) in [7, 11) is 6.20. The lowest BCUT2D eigenvalue weighted by Gasteiger charge is -2.39. The molecule has 0 aromatic heterocycles. The number of fused-ring (bicyclic) bond motifs is 8. The molecule has 18 nitrogen and oxygen atoms in total. The van der Waals surface area contributed by atoms with E-state index in [9.17, 15) is 28.8 Å². The van der Waals surface area contributed by atoms with Gasteiger partial charge in [-0.05, 0) is 41.5 Å². The van der Waals surface area contributed by atoms with Crippen LogP contribution in [0.1, 0.15) is 41.5 Å². The minimum absolute atomic E-state index is 0.0852. The molecule has 6 heterocycles. The van der Waals surface area contributed by atoms with Gasteiger partial charge in [0.05, 0.1) is 46.7 Å². The summed E-state index contributed by atoms with van der Waals surface area (Å²) >= 11 is 0. The summed E-state index contributed by atoms with van der Waals surface area (Å²) in [6.45, 7) is 12.5. The molecular weight excluding hydrogens is 793 g/mol. The molecule has 8 atom stereocenters.